The van der Waals surface area contributed by atoms with Crippen LogP contribution in [0.15, 0.2) is 46.4 Å². The summed E-state index contributed by atoms with van der Waals surface area (Å²) in [5, 5.41) is 79.0. The number of ether oxygens (including phenoxy) is 2. The maximum Gasteiger partial charge on any atom is 0.354 e. The van der Waals surface area contributed by atoms with Gasteiger partial charge in [0, 0.05) is 58.5 Å². The van der Waals surface area contributed by atoms with Gasteiger partial charge in [-0.1, -0.05) is 24.8 Å². The van der Waals surface area contributed by atoms with Gasteiger partial charge in [0.15, 0.2) is 10.7 Å². The molecule has 92 heavy (non-hydrogen) atoms. The lowest BCUT2D eigenvalue weighted by Gasteiger charge is -2.00. The minimum absolute atomic E-state index is 0.0749. The van der Waals surface area contributed by atoms with Gasteiger partial charge in [-0.3, -0.25) is 42.6 Å². The van der Waals surface area contributed by atoms with Crippen molar-refractivity contribution >= 4 is 114 Å². The molecule has 0 bridgehead atoms. The summed E-state index contributed by atoms with van der Waals surface area (Å²) in [6.07, 6.45) is 12.9. The zero-order chi connectivity index (χ0) is 67.5. The number of aliphatic hydroxyl groups excluding tert-OH is 4. The second-order valence-electron chi connectivity index (χ2n) is 18.8. The van der Waals surface area contributed by atoms with Gasteiger partial charge in [-0.2, -0.15) is 25.5 Å². The van der Waals surface area contributed by atoms with Crippen LogP contribution in [-0.2, 0) is 57.6 Å². The smallest absolute Gasteiger partial charge is 0.354 e. The minimum Gasteiger partial charge on any atom is -0.501 e. The van der Waals surface area contributed by atoms with E-state index in [1.807, 2.05) is 47.6 Å². The largest absolute Gasteiger partial charge is 0.501 e. The van der Waals surface area contributed by atoms with Gasteiger partial charge in [-0.05, 0) is 63.0 Å². The van der Waals surface area contributed by atoms with Gasteiger partial charge in [0.1, 0.15) is 69.2 Å². The summed E-state index contributed by atoms with van der Waals surface area (Å²) in [6.45, 7) is 18.2. The molecule has 5 N–H and O–H groups in total. The molecule has 0 radical (unpaired) electrons. The van der Waals surface area contributed by atoms with Crippen LogP contribution in [0.4, 0.5) is 5.82 Å². The predicted molar refractivity (Wildman–Crippen MR) is 350 cm³/mol. The number of aliphatic hydroxyl groups is 4. The maximum atomic E-state index is 11.8. The Hall–Kier alpha value is -8.41. The van der Waals surface area contributed by atoms with Crippen molar-refractivity contribution in [2.24, 2.45) is 35.2 Å². The summed E-state index contributed by atoms with van der Waals surface area (Å²) in [4.78, 5) is 80.6. The molecule has 0 aliphatic heterocycles. The predicted octanol–water partition coefficient (Wildman–Crippen LogP) is 7.90. The van der Waals surface area contributed by atoms with Gasteiger partial charge in [-0.25, -0.2) is 19.7 Å². The van der Waals surface area contributed by atoms with E-state index in [2.05, 4.69) is 76.4 Å². The first-order chi connectivity index (χ1) is 44.0. The van der Waals surface area contributed by atoms with Crippen molar-refractivity contribution in [2.75, 3.05) is 46.2 Å². The van der Waals surface area contributed by atoms with Crippen LogP contribution in [-0.4, -0.2) is 180 Å². The van der Waals surface area contributed by atoms with E-state index in [9.17, 15) is 24.0 Å². The van der Waals surface area contributed by atoms with Gasteiger partial charge in [0.2, 0.25) is 28.1 Å². The zero-order valence-corrected chi connectivity index (χ0v) is 57.3. The highest BCUT2D eigenvalue weighted by molar-refractivity contribution is 9.11. The molecular weight excluding hydrogens is 1350 g/mol. The number of aromatic nitrogens is 16. The van der Waals surface area contributed by atoms with E-state index in [4.69, 9.17) is 41.6 Å². The van der Waals surface area contributed by atoms with E-state index in [0.29, 0.717) is 85.4 Å². The molecule has 486 valence electrons. The molecule has 29 nitrogen and oxygen atoms in total. The van der Waals surface area contributed by atoms with E-state index < -0.39 is 32.4 Å². The molecule has 0 atom stereocenters. The first kappa shape index (κ1) is 72.7. The normalized spacial score (nSPS) is 10.8. The number of aromatic carboxylic acids is 1. The molecule has 10 aromatic rings. The number of hydrogen-bond acceptors (Lipinski definition) is 27. The van der Waals surface area contributed by atoms with Crippen LogP contribution < -0.4 is 0 Å². The highest BCUT2D eigenvalue weighted by Crippen LogP contribution is 2.36. The molecule has 0 spiro atoms. The molecule has 0 amide bonds. The molecule has 0 aromatic carbocycles. The molecule has 0 saturated carbocycles. The maximum absolute atomic E-state index is 11.8. The SMILES string of the molecule is CCO/C=C/c1sc(-c2cnn(C)c2C(=O)CO)nc1C.CCOCCc1sc(-c2cnn(C)c2C(=O)CO)nc1C.CCc1nnc(-c2cnn(C)c2C(=O)CO)s1.Cc1nc(-c2cnn(C)c2C(=O)CO)sc1Br.[C-]#[N+]c1csc(-c2cnn(C)c2C(=O)O)n1. The van der Waals surface area contributed by atoms with Crippen molar-refractivity contribution in [3.63, 3.8) is 0 Å². The van der Waals surface area contributed by atoms with Crippen molar-refractivity contribution in [1.29, 1.82) is 0 Å². The van der Waals surface area contributed by atoms with Crippen LogP contribution in [0.1, 0.15) is 105 Å². The van der Waals surface area contributed by atoms with E-state index in [0.717, 1.165) is 58.5 Å². The van der Waals surface area contributed by atoms with Crippen LogP contribution in [0.3, 0.4) is 0 Å². The third-order valence-electron chi connectivity index (χ3n) is 12.7. The van der Waals surface area contributed by atoms with E-state index in [1.165, 1.54) is 75.0 Å². The number of carbonyl (C=O) groups excluding carboxylic acids is 4. The van der Waals surface area contributed by atoms with E-state index >= 15 is 0 Å². The van der Waals surface area contributed by atoms with Crippen molar-refractivity contribution in [3.8, 4) is 52.9 Å². The van der Waals surface area contributed by atoms with Crippen LogP contribution in [0.25, 0.3) is 63.8 Å². The number of carboxylic acids is 1. The molecule has 35 heteroatoms. The number of halogens is 1. The van der Waals surface area contributed by atoms with Crippen LogP contribution in [0.2, 0.25) is 0 Å². The van der Waals surface area contributed by atoms with Crippen molar-refractivity contribution in [1.82, 2.24) is 79.0 Å². The lowest BCUT2D eigenvalue weighted by atomic mass is 10.2. The van der Waals surface area contributed by atoms with Gasteiger partial charge >= 0.3 is 5.97 Å². The number of ketones is 4. The Bertz CT molecular complexity index is 4250. The molecule has 0 aliphatic carbocycles. The monoisotopic (exact) mass is 1420 g/mol. The number of thiazole rings is 4. The number of carboxylic acid groups (broad SMARTS) is 1. The summed E-state index contributed by atoms with van der Waals surface area (Å²) in [7, 11) is 8.23. The van der Waals surface area contributed by atoms with Gasteiger partial charge in [-0.15, -0.1) is 60.5 Å². The Morgan fingerprint density at radius 2 is 1.00 bits per heavy atom. The molecule has 0 fully saturated rings. The fourth-order valence-corrected chi connectivity index (χ4v) is 13.2. The Balaban J connectivity index is 0.000000183. The van der Waals surface area contributed by atoms with Crippen molar-refractivity contribution in [3.05, 3.63) is 118 Å². The van der Waals surface area contributed by atoms with Crippen LogP contribution in [0, 0.1) is 27.3 Å². The Morgan fingerprint density at radius 3 is 1.40 bits per heavy atom. The summed E-state index contributed by atoms with van der Waals surface area (Å²) in [5.74, 6) is -2.25. The summed E-state index contributed by atoms with van der Waals surface area (Å²) in [6, 6.07) is 0. The quantitative estimate of drug-likeness (QED) is 0.0186. The fourth-order valence-electron chi connectivity index (χ4n) is 8.25. The molecule has 10 aromatic heterocycles. The van der Waals surface area contributed by atoms with Crippen molar-refractivity contribution in [2.45, 2.75) is 54.4 Å². The van der Waals surface area contributed by atoms with Crippen LogP contribution >= 0.6 is 72.6 Å². The van der Waals surface area contributed by atoms with E-state index in [1.54, 1.807) is 83.0 Å². The topological polar surface area (TPSA) is 376 Å². The molecule has 0 saturated heterocycles. The third-order valence-corrected chi connectivity index (χ3v) is 19.1. The third kappa shape index (κ3) is 17.8. The molecule has 10 rings (SSSR count). The first-order valence-electron chi connectivity index (χ1n) is 27.5. The Morgan fingerprint density at radius 1 is 0.565 bits per heavy atom. The summed E-state index contributed by atoms with van der Waals surface area (Å²) in [5.41, 5.74) is 7.30. The highest BCUT2D eigenvalue weighted by Gasteiger charge is 2.26. The van der Waals surface area contributed by atoms with Gasteiger partial charge < -0.3 is 39.9 Å². The molecular formula is C57H64BrN17O12S5. The standard InChI is InChI=1S/C14H19N3O3S.C14H17N3O3S.C10H10BrN3O2S.C10H12N4O2S.C9H6N4O2S/c2*1-4-20-6-5-12-9(2)16-14(21-12)10-7-15-17(3)13(10)11(19)8-18;1-5-9(11)17-10(13-5)6-3-12-14(2)8(6)7(16)4-15;1-3-8-12-13-10(17-8)6-4-11-14(2)9(6)7(16)5-15;1-10-6-4-16-8(12-6)5-3-11-13(2)7(5)9(14)15/h7,18H,4-6,8H2,1-3H3;5-7,18H,4,8H2,1-3H3;3,15H,4H2,1-2H3;4,15H,3,5H2,1-2H3;3-4H,2H3,(H,14,15)/b;6-5+;;;. The second-order valence-corrected chi connectivity index (χ2v) is 25.2. The molecule has 0 unspecified atom stereocenters. The number of hydrogen-bond donors (Lipinski definition) is 5. The summed E-state index contributed by atoms with van der Waals surface area (Å²) >= 11 is 10.5. The highest BCUT2D eigenvalue weighted by atomic mass is 79.9. The Kier molecular flexibility index (Phi) is 27.1. The second kappa shape index (κ2) is 34.3. The number of carbonyl (C=O) groups is 5. The lowest BCUT2D eigenvalue weighted by Crippen LogP contribution is -2.11. The van der Waals surface area contributed by atoms with E-state index in [-0.39, 0.29) is 34.6 Å². The number of rotatable bonds is 22. The van der Waals surface area contributed by atoms with Gasteiger partial charge in [0.25, 0.3) is 5.82 Å². The first-order valence-corrected chi connectivity index (χ1v) is 32.4. The fraction of sp³-hybridized carbons (Fsp3) is 0.351. The average Bonchev–Trinajstić information content (AvgIpc) is 1.72. The van der Waals surface area contributed by atoms with Crippen LogP contribution in [0.5, 0.6) is 0 Å². The summed E-state index contributed by atoms with van der Waals surface area (Å²) < 4.78 is 18.6. The van der Waals surface area contributed by atoms with Gasteiger partial charge in [0.05, 0.1) is 104 Å². The average molecular weight is 1420 g/mol. The zero-order valence-electron chi connectivity index (χ0n) is 51.6. The molecule has 10 heterocycles. The number of Topliss-reactive ketones (excluding diaryl/α,β-unsaturated/α-hetero) is 4. The lowest BCUT2D eigenvalue weighted by molar-refractivity contribution is 0.0684. The molecule has 0 aliphatic rings. The van der Waals surface area contributed by atoms with Crippen molar-refractivity contribution < 1.29 is 59.0 Å². The number of nitrogens with zero attached hydrogens (tertiary/aromatic N) is 17. The number of aryl methyl sites for hydroxylation is 9. The Labute approximate surface area is 554 Å². The minimum atomic E-state index is -1.06.